The highest BCUT2D eigenvalue weighted by atomic mass is 32.1. The molecule has 3 nitrogen and oxygen atoms in total. The fourth-order valence-electron chi connectivity index (χ4n) is 16.2. The van der Waals surface area contributed by atoms with Crippen LogP contribution in [-0.2, 0) is 10.8 Å². The SMILES string of the molecule is CC1(C)c2ccccc2-c2c1c1c(c3ccccc23)c2ccccc2n1-c1ccc(-c2cccc3c2sc2ccccc23)cc1.CC1(C)c2ccccc2-c2cc3c(cc21)c1cc2ccccc2cc1n3-c1ccc(-c2cccc3oc4ccccc4c23)cc1. The summed E-state index contributed by atoms with van der Waals surface area (Å²) in [7, 11) is 0. The van der Waals surface area contributed by atoms with E-state index in [0.29, 0.717) is 0 Å². The van der Waals surface area contributed by atoms with Crippen LogP contribution in [0.5, 0.6) is 0 Å². The number of hydrogen-bond donors (Lipinski definition) is 0. The average molecular weight is 1170 g/mol. The van der Waals surface area contributed by atoms with E-state index in [1.54, 1.807) is 0 Å². The summed E-state index contributed by atoms with van der Waals surface area (Å²) in [6.07, 6.45) is 0. The zero-order valence-corrected chi connectivity index (χ0v) is 51.1. The van der Waals surface area contributed by atoms with Crippen LogP contribution >= 0.6 is 11.3 Å². The summed E-state index contributed by atoms with van der Waals surface area (Å²) >= 11 is 1.89. The van der Waals surface area contributed by atoms with E-state index in [0.717, 1.165) is 22.2 Å². The predicted molar refractivity (Wildman–Crippen MR) is 383 cm³/mol. The van der Waals surface area contributed by atoms with Gasteiger partial charge in [0, 0.05) is 74.7 Å². The Morgan fingerprint density at radius 1 is 0.322 bits per heavy atom. The van der Waals surface area contributed by atoms with E-state index < -0.39 is 0 Å². The molecule has 4 aromatic heterocycles. The van der Waals surface area contributed by atoms with Crippen LogP contribution in [0, 0.1) is 0 Å². The van der Waals surface area contributed by atoms with E-state index in [-0.39, 0.29) is 10.8 Å². The Morgan fingerprint density at radius 2 is 0.867 bits per heavy atom. The Bertz CT molecular complexity index is 6080. The molecule has 18 aromatic rings. The molecule has 4 heterocycles. The smallest absolute Gasteiger partial charge is 0.136 e. The molecule has 0 amide bonds. The first-order chi connectivity index (χ1) is 44.2. The highest BCUT2D eigenvalue weighted by molar-refractivity contribution is 7.26. The summed E-state index contributed by atoms with van der Waals surface area (Å²) in [5.74, 6) is 0. The lowest BCUT2D eigenvalue weighted by Gasteiger charge is -2.24. The number of rotatable bonds is 4. The van der Waals surface area contributed by atoms with Gasteiger partial charge in [-0.1, -0.05) is 234 Å². The maximum Gasteiger partial charge on any atom is 0.136 e. The molecule has 2 aliphatic rings. The number of para-hydroxylation sites is 2. The van der Waals surface area contributed by atoms with Crippen molar-refractivity contribution < 1.29 is 4.42 Å². The van der Waals surface area contributed by atoms with Crippen LogP contribution in [-0.4, -0.2) is 9.13 Å². The molecule has 4 heteroatoms. The Balaban J connectivity index is 0.000000130. The molecule has 90 heavy (non-hydrogen) atoms. The first-order valence-electron chi connectivity index (χ1n) is 31.4. The van der Waals surface area contributed by atoms with Gasteiger partial charge in [-0.3, -0.25) is 0 Å². The van der Waals surface area contributed by atoms with Crippen molar-refractivity contribution in [1.29, 1.82) is 0 Å². The topological polar surface area (TPSA) is 23.0 Å². The van der Waals surface area contributed by atoms with Crippen LogP contribution in [0.3, 0.4) is 0 Å². The van der Waals surface area contributed by atoms with Crippen molar-refractivity contribution in [3.05, 3.63) is 301 Å². The summed E-state index contributed by atoms with van der Waals surface area (Å²) < 4.78 is 13.9. The maximum atomic E-state index is 6.20. The summed E-state index contributed by atoms with van der Waals surface area (Å²) in [6.45, 7) is 9.53. The van der Waals surface area contributed by atoms with Gasteiger partial charge in [-0.25, -0.2) is 0 Å². The van der Waals surface area contributed by atoms with Crippen molar-refractivity contribution in [2.45, 2.75) is 38.5 Å². The van der Waals surface area contributed by atoms with Crippen molar-refractivity contribution in [3.8, 4) is 55.9 Å². The van der Waals surface area contributed by atoms with Gasteiger partial charge in [0.1, 0.15) is 11.2 Å². The van der Waals surface area contributed by atoms with E-state index in [1.807, 2.05) is 23.5 Å². The molecule has 0 bridgehead atoms. The number of thiophene rings is 1. The molecule has 0 spiro atoms. The highest BCUT2D eigenvalue weighted by Gasteiger charge is 2.41. The fraction of sp³-hybridized carbons (Fsp3) is 0.0698. The molecule has 424 valence electrons. The van der Waals surface area contributed by atoms with E-state index in [2.05, 4.69) is 304 Å². The molecule has 0 saturated heterocycles. The highest BCUT2D eigenvalue weighted by Crippen LogP contribution is 2.57. The van der Waals surface area contributed by atoms with E-state index in [9.17, 15) is 0 Å². The van der Waals surface area contributed by atoms with Crippen molar-refractivity contribution in [1.82, 2.24) is 9.13 Å². The molecule has 0 radical (unpaired) electrons. The zero-order chi connectivity index (χ0) is 59.7. The van der Waals surface area contributed by atoms with Gasteiger partial charge in [-0.05, 0) is 161 Å². The molecule has 0 fully saturated rings. The van der Waals surface area contributed by atoms with Gasteiger partial charge >= 0.3 is 0 Å². The van der Waals surface area contributed by atoms with Crippen LogP contribution in [0.2, 0.25) is 0 Å². The fourth-order valence-corrected chi connectivity index (χ4v) is 17.4. The van der Waals surface area contributed by atoms with Gasteiger partial charge in [0.25, 0.3) is 0 Å². The van der Waals surface area contributed by atoms with E-state index in [4.69, 9.17) is 4.42 Å². The van der Waals surface area contributed by atoms with Gasteiger partial charge in [0.05, 0.1) is 22.1 Å². The Morgan fingerprint density at radius 3 is 1.66 bits per heavy atom. The van der Waals surface area contributed by atoms with Gasteiger partial charge in [-0.2, -0.15) is 0 Å². The molecular formula is C86H58N2OS. The molecule has 2 aliphatic carbocycles. The zero-order valence-electron chi connectivity index (χ0n) is 50.3. The van der Waals surface area contributed by atoms with Gasteiger partial charge in [-0.15, -0.1) is 11.3 Å². The first-order valence-corrected chi connectivity index (χ1v) is 32.2. The number of nitrogens with zero attached hydrogens (tertiary/aromatic N) is 2. The van der Waals surface area contributed by atoms with Crippen LogP contribution in [0.1, 0.15) is 49.9 Å². The third-order valence-electron chi connectivity index (χ3n) is 20.3. The molecule has 0 atom stereocenters. The van der Waals surface area contributed by atoms with E-state index >= 15 is 0 Å². The first kappa shape index (κ1) is 51.3. The number of fused-ring (bicyclic) bond motifs is 23. The van der Waals surface area contributed by atoms with Gasteiger partial charge in [0.15, 0.2) is 0 Å². The van der Waals surface area contributed by atoms with Crippen LogP contribution in [0.4, 0.5) is 0 Å². The minimum absolute atomic E-state index is 0.0503. The normalized spacial score (nSPS) is 13.7. The number of benzene rings is 14. The second kappa shape index (κ2) is 18.9. The van der Waals surface area contributed by atoms with Crippen molar-refractivity contribution in [2.75, 3.05) is 0 Å². The van der Waals surface area contributed by atoms with Crippen molar-refractivity contribution in [3.63, 3.8) is 0 Å². The number of aromatic nitrogens is 2. The largest absolute Gasteiger partial charge is 0.456 e. The molecule has 14 aromatic carbocycles. The lowest BCUT2D eigenvalue weighted by Crippen LogP contribution is -2.16. The summed E-state index contributed by atoms with van der Waals surface area (Å²) in [4.78, 5) is 0. The Labute approximate surface area is 524 Å². The Kier molecular flexibility index (Phi) is 10.8. The lowest BCUT2D eigenvalue weighted by molar-refractivity contribution is 0.661. The van der Waals surface area contributed by atoms with Crippen molar-refractivity contribution in [2.24, 2.45) is 0 Å². The van der Waals surface area contributed by atoms with E-state index in [1.165, 1.54) is 163 Å². The molecule has 0 unspecified atom stereocenters. The second-order valence-corrected chi connectivity index (χ2v) is 26.9. The predicted octanol–water partition coefficient (Wildman–Crippen LogP) is 24.1. The third-order valence-corrected chi connectivity index (χ3v) is 21.6. The Hall–Kier alpha value is -10.8. The minimum atomic E-state index is -0.142. The third kappa shape index (κ3) is 7.17. The van der Waals surface area contributed by atoms with Crippen LogP contribution < -0.4 is 0 Å². The number of furan rings is 1. The summed E-state index contributed by atoms with van der Waals surface area (Å²) in [6, 6.07) is 103. The van der Waals surface area contributed by atoms with Crippen LogP contribution in [0.15, 0.2) is 283 Å². The average Bonchev–Trinajstić information content (AvgIpc) is 1.53. The molecule has 0 saturated carbocycles. The molecule has 0 aliphatic heterocycles. The quantitative estimate of drug-likeness (QED) is 0.172. The standard InChI is InChI=1S/C43H29NO.C43H29NS/c1-43(2)36-15-7-5-12-31(36)33-25-39-35(24-37(33)43)34-22-27-10-3-4-11-28(27)23-38(34)44(39)29-20-18-26(19-21-29)30-14-9-17-41-42(30)32-13-6-8-16-40(32)45-41;1-43(2)35-19-8-5-15-33(35)38-30-13-3-4-14-31(30)39-34-16-6-9-20-36(34)44(41(39)40(38)43)27-24-22-26(23-25-27)28-17-11-18-32-29-12-7-10-21-37(29)45-42(28)32/h2*3-25H,1-2H3. The minimum Gasteiger partial charge on any atom is -0.456 e. The summed E-state index contributed by atoms with van der Waals surface area (Å²) in [5.41, 5.74) is 25.0. The molecule has 20 rings (SSSR count). The molecule has 0 N–H and O–H groups in total. The lowest BCUT2D eigenvalue weighted by atomic mass is 9.80. The molecular weight excluding hydrogens is 1110 g/mol. The van der Waals surface area contributed by atoms with Crippen LogP contribution in [0.25, 0.3) is 163 Å². The number of hydrogen-bond acceptors (Lipinski definition) is 2. The maximum absolute atomic E-state index is 6.20. The summed E-state index contributed by atoms with van der Waals surface area (Å²) in [5, 5.41) is 15.4. The monoisotopic (exact) mass is 1170 g/mol. The van der Waals surface area contributed by atoms with Crippen molar-refractivity contribution >= 4 is 119 Å². The van der Waals surface area contributed by atoms with Gasteiger partial charge in [0.2, 0.25) is 0 Å². The second-order valence-electron chi connectivity index (χ2n) is 25.8. The van der Waals surface area contributed by atoms with Gasteiger partial charge < -0.3 is 13.6 Å².